The average molecular weight is 628 g/mol. The summed E-state index contributed by atoms with van der Waals surface area (Å²) in [7, 11) is 0. The van der Waals surface area contributed by atoms with Crippen molar-refractivity contribution in [2.45, 2.75) is 19.9 Å². The van der Waals surface area contributed by atoms with E-state index in [1.807, 2.05) is 30.3 Å². The van der Waals surface area contributed by atoms with Crippen LogP contribution in [-0.2, 0) is 23.9 Å². The smallest absolute Gasteiger partial charge is 0.338 e. The molecule has 0 unspecified atom stereocenters. The van der Waals surface area contributed by atoms with E-state index in [1.165, 1.54) is 9.47 Å². The van der Waals surface area contributed by atoms with Gasteiger partial charge >= 0.3 is 11.9 Å². The number of para-hydroxylation sites is 1. The van der Waals surface area contributed by atoms with Gasteiger partial charge in [-0.2, -0.15) is 0 Å². The minimum absolute atomic E-state index is 0.119. The summed E-state index contributed by atoms with van der Waals surface area (Å²) in [5.41, 5.74) is 2.50. The fourth-order valence-corrected chi connectivity index (χ4v) is 6.66. The largest absolute Gasteiger partial charge is 0.465 e. The topological polar surface area (TPSA) is 107 Å². The molecule has 0 spiro atoms. The maximum Gasteiger partial charge on any atom is 0.338 e. The monoisotopic (exact) mass is 627 g/mol. The summed E-state index contributed by atoms with van der Waals surface area (Å²) >= 11 is 7.27. The lowest BCUT2D eigenvalue weighted by Gasteiger charge is -2.26. The lowest BCUT2D eigenvalue weighted by atomic mass is 9.93. The van der Waals surface area contributed by atoms with E-state index in [0.717, 1.165) is 11.3 Å². The number of thiazole rings is 1. The normalized spacial score (nSPS) is 16.8. The minimum atomic E-state index is -0.922. The van der Waals surface area contributed by atoms with Crippen LogP contribution in [-0.4, -0.2) is 42.2 Å². The van der Waals surface area contributed by atoms with Gasteiger partial charge in [-0.05, 0) is 37.6 Å². The van der Waals surface area contributed by atoms with Crippen molar-refractivity contribution in [2.75, 3.05) is 24.7 Å². The van der Waals surface area contributed by atoms with Crippen molar-refractivity contribution in [2.24, 2.45) is 4.99 Å². The van der Waals surface area contributed by atoms with E-state index in [9.17, 15) is 19.2 Å². The zero-order chi connectivity index (χ0) is 31.0. The third-order valence-electron chi connectivity index (χ3n) is 7.28. The first-order valence-electron chi connectivity index (χ1n) is 14.0. The minimum Gasteiger partial charge on any atom is -0.465 e. The van der Waals surface area contributed by atoms with Gasteiger partial charge in [-0.3, -0.25) is 23.9 Å². The molecule has 2 aliphatic heterocycles. The summed E-state index contributed by atoms with van der Waals surface area (Å²) in [5, 5.41) is 0.489. The average Bonchev–Trinajstić information content (AvgIpc) is 3.49. The zero-order valence-corrected chi connectivity index (χ0v) is 25.4. The number of aromatic nitrogens is 1. The number of fused-ring (bicyclic) bond motifs is 2. The Bertz CT molecular complexity index is 2010. The maximum atomic E-state index is 14.4. The highest BCUT2D eigenvalue weighted by Crippen LogP contribution is 2.37. The van der Waals surface area contributed by atoms with Crippen LogP contribution in [0, 0.1) is 0 Å². The van der Waals surface area contributed by atoms with Gasteiger partial charge in [0.2, 0.25) is 0 Å². The van der Waals surface area contributed by atoms with Crippen molar-refractivity contribution >= 4 is 57.7 Å². The predicted octanol–water partition coefficient (Wildman–Crippen LogP) is 3.87. The number of carbonyl (C=O) groups is 3. The number of halogens is 1. The number of carbonyl (C=O) groups excluding carboxylic acids is 3. The van der Waals surface area contributed by atoms with Crippen LogP contribution >= 0.6 is 22.9 Å². The van der Waals surface area contributed by atoms with Crippen LogP contribution in [0.25, 0.3) is 11.3 Å². The predicted molar refractivity (Wildman–Crippen MR) is 167 cm³/mol. The molecule has 2 aliphatic rings. The molecule has 0 N–H and O–H groups in total. The Morgan fingerprint density at radius 3 is 2.30 bits per heavy atom. The molecule has 1 atom stereocenters. The van der Waals surface area contributed by atoms with E-state index in [4.69, 9.17) is 26.1 Å². The van der Waals surface area contributed by atoms with Gasteiger partial charge in [0.15, 0.2) is 4.80 Å². The molecule has 3 aromatic carbocycles. The van der Waals surface area contributed by atoms with Gasteiger partial charge in [-0.25, -0.2) is 9.79 Å². The molecule has 0 bridgehead atoms. The van der Waals surface area contributed by atoms with Gasteiger partial charge in [0.05, 0.1) is 41.8 Å². The molecule has 0 radical (unpaired) electrons. The fourth-order valence-electron chi connectivity index (χ4n) is 5.44. The summed E-state index contributed by atoms with van der Waals surface area (Å²) in [4.78, 5) is 60.9. The van der Waals surface area contributed by atoms with E-state index in [-0.39, 0.29) is 35.4 Å². The third-order valence-corrected chi connectivity index (χ3v) is 8.58. The number of nitrogens with zero attached hydrogens (tertiary/aromatic N) is 3. The van der Waals surface area contributed by atoms with E-state index >= 15 is 0 Å². The molecule has 0 saturated heterocycles. The highest BCUT2D eigenvalue weighted by Gasteiger charge is 2.38. The van der Waals surface area contributed by atoms with Crippen LogP contribution in [0.1, 0.15) is 36.6 Å². The standard InChI is InChI=1S/C33H26ClN3O6S/c1-3-42-24(38)18-36-23-13-9-8-12-22(23)25(30(36)39)29-31(40)37-28(20-14-16-21(34)17-15-20)26(32(41)43-4-2)27(35-33(37)44-29)19-10-6-5-7-11-19/h5-17,28H,3-4,18H2,1-2H3/b29-25+/t28-/m0/s1. The van der Waals surface area contributed by atoms with Crippen LogP contribution in [0.3, 0.4) is 0 Å². The highest BCUT2D eigenvalue weighted by atomic mass is 35.5. The lowest BCUT2D eigenvalue weighted by Crippen LogP contribution is -2.41. The van der Waals surface area contributed by atoms with Crippen molar-refractivity contribution < 1.29 is 23.9 Å². The van der Waals surface area contributed by atoms with E-state index in [1.54, 1.807) is 62.4 Å². The van der Waals surface area contributed by atoms with Crippen molar-refractivity contribution in [1.29, 1.82) is 0 Å². The Balaban J connectivity index is 1.65. The maximum absolute atomic E-state index is 14.4. The van der Waals surface area contributed by atoms with Gasteiger partial charge in [-0.15, -0.1) is 0 Å². The first kappa shape index (κ1) is 29.3. The van der Waals surface area contributed by atoms with Crippen molar-refractivity contribution in [3.63, 3.8) is 0 Å². The summed E-state index contributed by atoms with van der Waals surface area (Å²) in [6.45, 7) is 3.39. The molecule has 0 fully saturated rings. The molecule has 3 heterocycles. The first-order valence-corrected chi connectivity index (χ1v) is 15.2. The van der Waals surface area contributed by atoms with Gasteiger partial charge < -0.3 is 9.47 Å². The third kappa shape index (κ3) is 5.06. The Kier molecular flexibility index (Phi) is 8.03. The number of rotatable bonds is 7. The summed E-state index contributed by atoms with van der Waals surface area (Å²) in [6, 6.07) is 22.1. The molecule has 44 heavy (non-hydrogen) atoms. The second-order valence-electron chi connectivity index (χ2n) is 9.89. The number of hydrogen-bond acceptors (Lipinski definition) is 8. The molecule has 0 saturated carbocycles. The lowest BCUT2D eigenvalue weighted by molar-refractivity contribution is -0.142. The van der Waals surface area contributed by atoms with Crippen LogP contribution in [0.2, 0.25) is 5.02 Å². The molecular weight excluding hydrogens is 602 g/mol. The van der Waals surface area contributed by atoms with Crippen LogP contribution in [0.5, 0.6) is 0 Å². The number of amides is 1. The zero-order valence-electron chi connectivity index (χ0n) is 23.8. The van der Waals surface area contributed by atoms with Crippen molar-refractivity contribution in [3.05, 3.63) is 126 Å². The summed E-state index contributed by atoms with van der Waals surface area (Å²) < 4.78 is 12.2. The Labute approximate surface area is 260 Å². The van der Waals surface area contributed by atoms with Gasteiger partial charge in [0, 0.05) is 16.1 Å². The molecule has 4 aromatic rings. The quantitative estimate of drug-likeness (QED) is 0.288. The summed E-state index contributed by atoms with van der Waals surface area (Å²) in [6.07, 6.45) is 0. The molecule has 0 aliphatic carbocycles. The molecule has 6 rings (SSSR count). The Hall–Kier alpha value is -4.80. The molecule has 222 valence electrons. The fraction of sp³-hybridized carbons (Fsp3) is 0.182. The van der Waals surface area contributed by atoms with Crippen molar-refractivity contribution in [1.82, 2.24) is 4.57 Å². The van der Waals surface area contributed by atoms with E-state index < -0.39 is 29.4 Å². The van der Waals surface area contributed by atoms with Gasteiger partial charge in [0.1, 0.15) is 11.1 Å². The number of anilines is 1. The number of esters is 2. The number of ether oxygens (including phenoxy) is 2. The van der Waals surface area contributed by atoms with E-state index in [2.05, 4.69) is 0 Å². The molecule has 9 nitrogen and oxygen atoms in total. The Morgan fingerprint density at radius 2 is 1.59 bits per heavy atom. The first-order chi connectivity index (χ1) is 21.3. The van der Waals surface area contributed by atoms with Crippen LogP contribution in [0.15, 0.2) is 94.2 Å². The van der Waals surface area contributed by atoms with Crippen LogP contribution in [0.4, 0.5) is 5.69 Å². The van der Waals surface area contributed by atoms with E-state index in [0.29, 0.717) is 37.9 Å². The van der Waals surface area contributed by atoms with Gasteiger partial charge in [-0.1, -0.05) is 83.6 Å². The van der Waals surface area contributed by atoms with Crippen LogP contribution < -0.4 is 19.8 Å². The second-order valence-corrected chi connectivity index (χ2v) is 11.3. The molecule has 11 heteroatoms. The SMILES string of the molecule is CCOC(=O)CN1C(=O)/C(=c2/sc3n(c2=O)[C@@H](c2ccc(Cl)cc2)C(C(=O)OCC)=C(c2ccccc2)N=3)c2ccccc21. The second kappa shape index (κ2) is 12.1. The highest BCUT2D eigenvalue weighted by molar-refractivity contribution is 7.07. The van der Waals surface area contributed by atoms with Gasteiger partial charge in [0.25, 0.3) is 11.5 Å². The number of benzene rings is 3. The molecule has 1 aromatic heterocycles. The van der Waals surface area contributed by atoms with Crippen molar-refractivity contribution in [3.8, 4) is 0 Å². The molecule has 1 amide bonds. The number of hydrogen-bond donors (Lipinski definition) is 0. The summed E-state index contributed by atoms with van der Waals surface area (Å²) in [5.74, 6) is -1.68. The Morgan fingerprint density at radius 1 is 0.909 bits per heavy atom. The molecular formula is C33H26ClN3O6S.